The van der Waals surface area contributed by atoms with Gasteiger partial charge in [0, 0.05) is 12.1 Å². The third kappa shape index (κ3) is 3.63. The van der Waals surface area contributed by atoms with Crippen LogP contribution in [0.4, 0.5) is 0 Å². The summed E-state index contributed by atoms with van der Waals surface area (Å²) in [6.07, 6.45) is 11.3. The standard InChI is InChI=1S/C19H29NO2S/c1-16-10-8-9-15-19(16)23(21,22)20(17-11-4-2-5-12-17)18-13-6-3-7-14-18/h8-10,15,17-18H,2-7,11-14H2,1H3. The first kappa shape index (κ1) is 17.0. The molecule has 0 aromatic heterocycles. The molecule has 128 valence electrons. The Morgan fingerprint density at radius 3 is 1.78 bits per heavy atom. The average molecular weight is 336 g/mol. The van der Waals surface area contributed by atoms with Gasteiger partial charge in [0.05, 0.1) is 4.90 Å². The van der Waals surface area contributed by atoms with Crippen LogP contribution in [0.2, 0.25) is 0 Å². The Kier molecular flexibility index (Phi) is 5.42. The van der Waals surface area contributed by atoms with Crippen molar-refractivity contribution in [1.29, 1.82) is 0 Å². The molecule has 1 aromatic rings. The highest BCUT2D eigenvalue weighted by Crippen LogP contribution is 2.35. The third-order valence-electron chi connectivity index (χ3n) is 5.52. The summed E-state index contributed by atoms with van der Waals surface area (Å²) in [5.41, 5.74) is 0.865. The van der Waals surface area contributed by atoms with Crippen molar-refractivity contribution in [1.82, 2.24) is 4.31 Å². The molecule has 0 radical (unpaired) electrons. The molecule has 0 spiro atoms. The van der Waals surface area contributed by atoms with Gasteiger partial charge in [-0.3, -0.25) is 0 Å². The molecule has 3 rings (SSSR count). The molecule has 4 heteroatoms. The lowest BCUT2D eigenvalue weighted by molar-refractivity contribution is 0.169. The number of rotatable bonds is 4. The molecule has 0 unspecified atom stereocenters. The molecule has 2 fully saturated rings. The second kappa shape index (κ2) is 7.35. The maximum Gasteiger partial charge on any atom is 0.243 e. The van der Waals surface area contributed by atoms with Crippen LogP contribution in [0.25, 0.3) is 0 Å². The first-order valence-corrected chi connectivity index (χ1v) is 10.6. The van der Waals surface area contributed by atoms with Crippen LogP contribution in [0.5, 0.6) is 0 Å². The molecule has 0 amide bonds. The molecule has 0 heterocycles. The Morgan fingerprint density at radius 2 is 1.30 bits per heavy atom. The fraction of sp³-hybridized carbons (Fsp3) is 0.684. The fourth-order valence-corrected chi connectivity index (χ4v) is 6.48. The van der Waals surface area contributed by atoms with E-state index in [0.29, 0.717) is 4.90 Å². The van der Waals surface area contributed by atoms with Crippen molar-refractivity contribution < 1.29 is 8.42 Å². The van der Waals surface area contributed by atoms with Crippen LogP contribution in [0.1, 0.15) is 69.8 Å². The SMILES string of the molecule is Cc1ccccc1S(=O)(=O)N(C1CCCCC1)C1CCCCC1. The first-order chi connectivity index (χ1) is 11.1. The van der Waals surface area contributed by atoms with E-state index in [2.05, 4.69) is 0 Å². The van der Waals surface area contributed by atoms with Crippen molar-refractivity contribution in [2.75, 3.05) is 0 Å². The van der Waals surface area contributed by atoms with Crippen molar-refractivity contribution in [2.45, 2.75) is 88.1 Å². The summed E-state index contributed by atoms with van der Waals surface area (Å²) in [6.45, 7) is 1.91. The lowest BCUT2D eigenvalue weighted by Gasteiger charge is -2.40. The van der Waals surface area contributed by atoms with Crippen LogP contribution in [0.15, 0.2) is 29.2 Å². The van der Waals surface area contributed by atoms with Gasteiger partial charge in [-0.25, -0.2) is 8.42 Å². The van der Waals surface area contributed by atoms with Crippen molar-refractivity contribution in [3.05, 3.63) is 29.8 Å². The minimum Gasteiger partial charge on any atom is -0.207 e. The van der Waals surface area contributed by atoms with E-state index in [1.165, 1.54) is 12.8 Å². The minimum atomic E-state index is -3.40. The summed E-state index contributed by atoms with van der Waals surface area (Å²) >= 11 is 0. The van der Waals surface area contributed by atoms with Gasteiger partial charge in [0.2, 0.25) is 10.0 Å². The number of nitrogens with zero attached hydrogens (tertiary/aromatic N) is 1. The van der Waals surface area contributed by atoms with Gasteiger partial charge < -0.3 is 0 Å². The summed E-state index contributed by atoms with van der Waals surface area (Å²) in [7, 11) is -3.40. The van der Waals surface area contributed by atoms with Gasteiger partial charge in [-0.1, -0.05) is 56.7 Å². The molecule has 0 aliphatic heterocycles. The number of sulfonamides is 1. The van der Waals surface area contributed by atoms with E-state index in [-0.39, 0.29) is 12.1 Å². The van der Waals surface area contributed by atoms with Crippen LogP contribution in [-0.2, 0) is 10.0 Å². The Bertz CT molecular complexity index is 596. The van der Waals surface area contributed by atoms with Gasteiger partial charge in [-0.15, -0.1) is 0 Å². The normalized spacial score (nSPS) is 21.7. The quantitative estimate of drug-likeness (QED) is 0.803. The van der Waals surface area contributed by atoms with Gasteiger partial charge in [-0.05, 0) is 44.2 Å². The largest absolute Gasteiger partial charge is 0.243 e. The van der Waals surface area contributed by atoms with Crippen LogP contribution in [0, 0.1) is 6.92 Å². The zero-order chi connectivity index (χ0) is 16.3. The zero-order valence-electron chi connectivity index (χ0n) is 14.2. The Balaban J connectivity index is 1.97. The zero-order valence-corrected chi connectivity index (χ0v) is 15.0. The maximum absolute atomic E-state index is 13.5. The Morgan fingerprint density at radius 1 is 0.826 bits per heavy atom. The van der Waals surface area contributed by atoms with Crippen molar-refractivity contribution in [3.63, 3.8) is 0 Å². The molecule has 2 aliphatic rings. The molecule has 2 saturated carbocycles. The van der Waals surface area contributed by atoms with E-state index in [9.17, 15) is 8.42 Å². The summed E-state index contributed by atoms with van der Waals surface area (Å²) in [6, 6.07) is 7.86. The van der Waals surface area contributed by atoms with Crippen LogP contribution in [-0.4, -0.2) is 24.8 Å². The second-order valence-corrected chi connectivity index (χ2v) is 9.00. The lowest BCUT2D eigenvalue weighted by atomic mass is 9.91. The highest BCUT2D eigenvalue weighted by Gasteiger charge is 2.38. The molecule has 0 atom stereocenters. The van der Waals surface area contributed by atoms with E-state index >= 15 is 0 Å². The third-order valence-corrected chi connectivity index (χ3v) is 7.68. The van der Waals surface area contributed by atoms with Gasteiger partial charge in [0.1, 0.15) is 0 Å². The summed E-state index contributed by atoms with van der Waals surface area (Å²) in [4.78, 5) is 0.510. The molecule has 2 aliphatic carbocycles. The molecular formula is C19H29NO2S. The molecule has 1 aromatic carbocycles. The van der Waals surface area contributed by atoms with Crippen molar-refractivity contribution >= 4 is 10.0 Å². The number of hydrogen-bond donors (Lipinski definition) is 0. The predicted molar refractivity (Wildman–Crippen MR) is 93.9 cm³/mol. The van der Waals surface area contributed by atoms with E-state index in [0.717, 1.165) is 56.9 Å². The van der Waals surface area contributed by atoms with E-state index in [1.807, 2.05) is 29.4 Å². The molecule has 0 saturated heterocycles. The van der Waals surface area contributed by atoms with Gasteiger partial charge in [-0.2, -0.15) is 4.31 Å². The minimum absolute atomic E-state index is 0.205. The smallest absolute Gasteiger partial charge is 0.207 e. The number of benzene rings is 1. The van der Waals surface area contributed by atoms with Crippen LogP contribution < -0.4 is 0 Å². The van der Waals surface area contributed by atoms with Gasteiger partial charge in [0.25, 0.3) is 0 Å². The maximum atomic E-state index is 13.5. The summed E-state index contributed by atoms with van der Waals surface area (Å²) in [5.74, 6) is 0. The second-order valence-electron chi connectivity index (χ2n) is 7.18. The molecule has 0 N–H and O–H groups in total. The lowest BCUT2D eigenvalue weighted by Crippen LogP contribution is -2.48. The van der Waals surface area contributed by atoms with E-state index in [4.69, 9.17) is 0 Å². The summed E-state index contributed by atoms with van der Waals surface area (Å²) < 4.78 is 28.9. The molecular weight excluding hydrogens is 306 g/mol. The molecule has 0 bridgehead atoms. The first-order valence-electron chi connectivity index (χ1n) is 9.20. The highest BCUT2D eigenvalue weighted by atomic mass is 32.2. The monoisotopic (exact) mass is 335 g/mol. The molecule has 23 heavy (non-hydrogen) atoms. The van der Waals surface area contributed by atoms with E-state index in [1.54, 1.807) is 6.07 Å². The van der Waals surface area contributed by atoms with Gasteiger partial charge in [0.15, 0.2) is 0 Å². The van der Waals surface area contributed by atoms with Gasteiger partial charge >= 0.3 is 0 Å². The van der Waals surface area contributed by atoms with Crippen LogP contribution in [0.3, 0.4) is 0 Å². The Labute approximate surface area is 141 Å². The fourth-order valence-electron chi connectivity index (χ4n) is 4.32. The average Bonchev–Trinajstić information content (AvgIpc) is 2.57. The number of hydrogen-bond acceptors (Lipinski definition) is 2. The van der Waals surface area contributed by atoms with Crippen LogP contribution >= 0.6 is 0 Å². The van der Waals surface area contributed by atoms with E-state index < -0.39 is 10.0 Å². The van der Waals surface area contributed by atoms with Crippen molar-refractivity contribution in [3.8, 4) is 0 Å². The van der Waals surface area contributed by atoms with Crippen molar-refractivity contribution in [2.24, 2.45) is 0 Å². The number of aryl methyl sites for hydroxylation is 1. The highest BCUT2D eigenvalue weighted by molar-refractivity contribution is 7.89. The summed E-state index contributed by atoms with van der Waals surface area (Å²) in [5, 5.41) is 0. The Hall–Kier alpha value is -0.870. The predicted octanol–water partition coefficient (Wildman–Crippen LogP) is 4.65. The molecule has 3 nitrogen and oxygen atoms in total. The topological polar surface area (TPSA) is 37.4 Å².